The highest BCUT2D eigenvalue weighted by Gasteiger charge is 2.13. The first-order chi connectivity index (χ1) is 14.8. The molecule has 1 aromatic heterocycles. The van der Waals surface area contributed by atoms with Crippen molar-refractivity contribution in [2.45, 2.75) is 19.0 Å². The minimum Gasteiger partial charge on any atom is -0.334 e. The second-order valence-electron chi connectivity index (χ2n) is 6.55. The molecular formula is C19H20N8O3S. The van der Waals surface area contributed by atoms with Gasteiger partial charge in [-0.2, -0.15) is 5.10 Å². The number of amides is 1. The fourth-order valence-corrected chi connectivity index (χ4v) is 3.14. The van der Waals surface area contributed by atoms with Crippen molar-refractivity contribution in [1.29, 1.82) is 0 Å². The fourth-order valence-electron chi connectivity index (χ4n) is 2.49. The maximum atomic E-state index is 12.3. The molecule has 1 heterocycles. The van der Waals surface area contributed by atoms with E-state index in [9.17, 15) is 14.9 Å². The Kier molecular flexibility index (Phi) is 6.82. The van der Waals surface area contributed by atoms with Gasteiger partial charge in [0.25, 0.3) is 11.6 Å². The van der Waals surface area contributed by atoms with Gasteiger partial charge in [-0.1, -0.05) is 23.9 Å². The van der Waals surface area contributed by atoms with E-state index in [1.54, 1.807) is 12.1 Å². The van der Waals surface area contributed by atoms with E-state index in [0.29, 0.717) is 10.7 Å². The van der Waals surface area contributed by atoms with Gasteiger partial charge in [-0.15, -0.1) is 10.2 Å². The minimum atomic E-state index is -0.475. The summed E-state index contributed by atoms with van der Waals surface area (Å²) in [5.74, 6) is 6.04. The first-order valence-corrected chi connectivity index (χ1v) is 10.1. The molecule has 0 aliphatic carbocycles. The lowest BCUT2D eigenvalue weighted by atomic mass is 10.1. The molecule has 1 amide bonds. The minimum absolute atomic E-state index is 0.00456. The summed E-state index contributed by atoms with van der Waals surface area (Å²) < 4.78 is 1.18. The summed E-state index contributed by atoms with van der Waals surface area (Å²) in [5, 5.41) is 25.7. The molecule has 0 bridgehead atoms. The number of anilines is 2. The number of nitrogens with zero attached hydrogens (tertiary/aromatic N) is 5. The van der Waals surface area contributed by atoms with Gasteiger partial charge in [-0.3, -0.25) is 14.9 Å². The van der Waals surface area contributed by atoms with E-state index in [1.165, 1.54) is 23.0 Å². The van der Waals surface area contributed by atoms with E-state index in [2.05, 4.69) is 26.0 Å². The van der Waals surface area contributed by atoms with Gasteiger partial charge in [0.15, 0.2) is 0 Å². The molecule has 0 unspecified atom stereocenters. The Labute approximate surface area is 181 Å². The molecule has 0 saturated heterocycles. The lowest BCUT2D eigenvalue weighted by Gasteiger charge is -2.09. The SMILES string of the molecule is Cc1ccc(C)c(NC(=O)CSc2nnc(N/N=C/c3ccc([N+](=O)[O-])cc3)n2N)c1. The van der Waals surface area contributed by atoms with Crippen LogP contribution in [-0.4, -0.2) is 37.7 Å². The Bertz CT molecular complexity index is 1130. The summed E-state index contributed by atoms with van der Waals surface area (Å²) in [6, 6.07) is 11.7. The summed E-state index contributed by atoms with van der Waals surface area (Å²) in [6.45, 7) is 3.88. The lowest BCUT2D eigenvalue weighted by Crippen LogP contribution is -2.17. The Morgan fingerprint density at radius 3 is 2.71 bits per heavy atom. The molecule has 0 atom stereocenters. The van der Waals surface area contributed by atoms with E-state index in [0.717, 1.165) is 28.6 Å². The predicted octanol–water partition coefficient (Wildman–Crippen LogP) is 2.69. The smallest absolute Gasteiger partial charge is 0.269 e. The van der Waals surface area contributed by atoms with Crippen molar-refractivity contribution in [2.75, 3.05) is 22.3 Å². The molecule has 0 spiro atoms. The highest BCUT2D eigenvalue weighted by Crippen LogP contribution is 2.19. The number of nitrogens with one attached hydrogen (secondary N) is 2. The summed E-state index contributed by atoms with van der Waals surface area (Å²) in [4.78, 5) is 22.4. The van der Waals surface area contributed by atoms with Gasteiger partial charge in [0, 0.05) is 17.8 Å². The third-order valence-electron chi connectivity index (χ3n) is 4.15. The zero-order chi connectivity index (χ0) is 22.4. The lowest BCUT2D eigenvalue weighted by molar-refractivity contribution is -0.384. The molecule has 0 saturated carbocycles. The van der Waals surface area contributed by atoms with Crippen LogP contribution >= 0.6 is 11.8 Å². The second kappa shape index (κ2) is 9.71. The quantitative estimate of drug-likeness (QED) is 0.159. The predicted molar refractivity (Wildman–Crippen MR) is 120 cm³/mol. The zero-order valence-corrected chi connectivity index (χ0v) is 17.6. The van der Waals surface area contributed by atoms with Gasteiger partial charge in [0.2, 0.25) is 11.1 Å². The number of thioether (sulfide) groups is 1. The average molecular weight is 440 g/mol. The van der Waals surface area contributed by atoms with E-state index >= 15 is 0 Å². The topological polar surface area (TPSA) is 153 Å². The number of hydrogen-bond acceptors (Lipinski definition) is 9. The van der Waals surface area contributed by atoms with Crippen LogP contribution in [0, 0.1) is 24.0 Å². The van der Waals surface area contributed by atoms with Gasteiger partial charge in [-0.05, 0) is 48.7 Å². The van der Waals surface area contributed by atoms with Gasteiger partial charge < -0.3 is 11.2 Å². The van der Waals surface area contributed by atoms with Gasteiger partial charge in [0.05, 0.1) is 16.9 Å². The van der Waals surface area contributed by atoms with E-state index in [4.69, 9.17) is 5.84 Å². The molecule has 0 aliphatic heterocycles. The number of hydrogen-bond donors (Lipinski definition) is 3. The maximum absolute atomic E-state index is 12.3. The molecule has 0 aliphatic rings. The Hall–Kier alpha value is -3.93. The summed E-state index contributed by atoms with van der Waals surface area (Å²) in [7, 11) is 0. The van der Waals surface area contributed by atoms with Crippen molar-refractivity contribution >= 4 is 41.2 Å². The van der Waals surface area contributed by atoms with Crippen molar-refractivity contribution in [3.63, 3.8) is 0 Å². The van der Waals surface area contributed by atoms with E-state index in [1.807, 2.05) is 32.0 Å². The van der Waals surface area contributed by atoms with E-state index < -0.39 is 4.92 Å². The Balaban J connectivity index is 1.54. The number of nitrogen functional groups attached to an aromatic ring is 1. The molecule has 2 aromatic carbocycles. The standard InChI is InChI=1S/C19H20N8O3S/c1-12-3-4-13(2)16(9-12)22-17(28)11-31-19-25-24-18(26(19)20)23-21-10-14-5-7-15(8-6-14)27(29)30/h3-10H,11,20H2,1-2H3,(H,22,28)(H,23,24)/b21-10+. The number of aromatic nitrogens is 3. The summed E-state index contributed by atoms with van der Waals surface area (Å²) >= 11 is 1.14. The van der Waals surface area contributed by atoms with Gasteiger partial charge >= 0.3 is 0 Å². The number of rotatable bonds is 8. The third-order valence-corrected chi connectivity index (χ3v) is 5.09. The van der Waals surface area contributed by atoms with Crippen LogP contribution in [0.4, 0.5) is 17.3 Å². The first-order valence-electron chi connectivity index (χ1n) is 9.07. The molecule has 0 fully saturated rings. The van der Waals surface area contributed by atoms with Crippen LogP contribution in [0.2, 0.25) is 0 Å². The van der Waals surface area contributed by atoms with Gasteiger partial charge in [-0.25, -0.2) is 10.1 Å². The van der Waals surface area contributed by atoms with Crippen molar-refractivity contribution in [2.24, 2.45) is 5.10 Å². The van der Waals surface area contributed by atoms with E-state index in [-0.39, 0.29) is 23.3 Å². The molecule has 3 rings (SSSR count). The monoisotopic (exact) mass is 440 g/mol. The molecule has 31 heavy (non-hydrogen) atoms. The second-order valence-corrected chi connectivity index (χ2v) is 7.49. The van der Waals surface area contributed by atoms with Crippen LogP contribution < -0.4 is 16.6 Å². The third kappa shape index (κ3) is 5.79. The van der Waals surface area contributed by atoms with Crippen LogP contribution in [0.25, 0.3) is 0 Å². The largest absolute Gasteiger partial charge is 0.334 e. The highest BCUT2D eigenvalue weighted by atomic mass is 32.2. The van der Waals surface area contributed by atoms with Crippen LogP contribution in [-0.2, 0) is 4.79 Å². The van der Waals surface area contributed by atoms with Crippen molar-refractivity contribution < 1.29 is 9.72 Å². The normalized spacial score (nSPS) is 10.9. The maximum Gasteiger partial charge on any atom is 0.269 e. The van der Waals surface area contributed by atoms with Crippen molar-refractivity contribution in [1.82, 2.24) is 14.9 Å². The van der Waals surface area contributed by atoms with Gasteiger partial charge in [0.1, 0.15) is 0 Å². The Morgan fingerprint density at radius 1 is 1.26 bits per heavy atom. The molecule has 11 nitrogen and oxygen atoms in total. The molecule has 4 N–H and O–H groups in total. The molecule has 160 valence electrons. The van der Waals surface area contributed by atoms with Crippen LogP contribution in [0.15, 0.2) is 52.7 Å². The summed E-state index contributed by atoms with van der Waals surface area (Å²) in [5.41, 5.74) is 6.09. The number of carbonyl (C=O) groups excluding carboxylic acids is 1. The number of benzene rings is 2. The van der Waals surface area contributed by atoms with Crippen LogP contribution in [0.3, 0.4) is 0 Å². The first kappa shape index (κ1) is 21.8. The number of aryl methyl sites for hydroxylation is 2. The van der Waals surface area contributed by atoms with Crippen LogP contribution in [0.1, 0.15) is 16.7 Å². The number of non-ortho nitro benzene ring substituents is 1. The highest BCUT2D eigenvalue weighted by molar-refractivity contribution is 7.99. The number of hydrazone groups is 1. The molecule has 3 aromatic rings. The molecule has 0 radical (unpaired) electrons. The number of nitrogens with two attached hydrogens (primary N) is 1. The number of nitro benzene ring substituents is 1. The molecular weight excluding hydrogens is 420 g/mol. The Morgan fingerprint density at radius 2 is 2.00 bits per heavy atom. The summed E-state index contributed by atoms with van der Waals surface area (Å²) in [6.07, 6.45) is 1.46. The average Bonchev–Trinajstić information content (AvgIpc) is 3.09. The van der Waals surface area contributed by atoms with Crippen molar-refractivity contribution in [3.05, 3.63) is 69.3 Å². The fraction of sp³-hybridized carbons (Fsp3) is 0.158. The van der Waals surface area contributed by atoms with Crippen molar-refractivity contribution in [3.8, 4) is 0 Å². The zero-order valence-electron chi connectivity index (χ0n) is 16.8. The number of carbonyl (C=O) groups is 1. The van der Waals surface area contributed by atoms with Crippen LogP contribution in [0.5, 0.6) is 0 Å². The molecule has 12 heteroatoms. The number of nitro groups is 1.